The van der Waals surface area contributed by atoms with Gasteiger partial charge in [0.15, 0.2) is 0 Å². The molecule has 2 aromatic carbocycles. The smallest absolute Gasteiger partial charge is 0.122 e. The molecule has 0 fully saturated rings. The van der Waals surface area contributed by atoms with Crippen molar-refractivity contribution >= 4 is 15.9 Å². The van der Waals surface area contributed by atoms with Gasteiger partial charge >= 0.3 is 0 Å². The highest BCUT2D eigenvalue weighted by atomic mass is 79.9. The van der Waals surface area contributed by atoms with E-state index in [-0.39, 0.29) is 4.83 Å². The maximum Gasteiger partial charge on any atom is 0.122 e. The van der Waals surface area contributed by atoms with Crippen molar-refractivity contribution in [1.29, 1.82) is 0 Å². The molecule has 0 radical (unpaired) electrons. The van der Waals surface area contributed by atoms with Gasteiger partial charge in [0.05, 0.1) is 18.0 Å². The molecule has 0 aromatic heterocycles. The van der Waals surface area contributed by atoms with E-state index in [1.54, 1.807) is 0 Å². The predicted octanol–water partition coefficient (Wildman–Crippen LogP) is 4.89. The number of alkyl halides is 1. The van der Waals surface area contributed by atoms with Gasteiger partial charge in [-0.3, -0.25) is 0 Å². The van der Waals surface area contributed by atoms with Crippen LogP contribution in [-0.4, -0.2) is 13.2 Å². The van der Waals surface area contributed by atoms with E-state index in [2.05, 4.69) is 53.2 Å². The minimum atomic E-state index is 0.175. The fourth-order valence-corrected chi connectivity index (χ4v) is 3.11. The van der Waals surface area contributed by atoms with Crippen LogP contribution in [0.3, 0.4) is 0 Å². The fraction of sp³-hybridized carbons (Fsp3) is 0.333. The van der Waals surface area contributed by atoms with E-state index in [9.17, 15) is 0 Å². The Kier molecular flexibility index (Phi) is 4.49. The average Bonchev–Trinajstić information content (AvgIpc) is 3.00. The Morgan fingerprint density at radius 2 is 2.05 bits per heavy atom. The van der Waals surface area contributed by atoms with E-state index in [4.69, 9.17) is 9.47 Å². The lowest BCUT2D eigenvalue weighted by atomic mass is 10.0. The van der Waals surface area contributed by atoms with E-state index in [1.165, 1.54) is 16.7 Å². The van der Waals surface area contributed by atoms with Gasteiger partial charge in [-0.05, 0) is 41.3 Å². The first kappa shape index (κ1) is 14.5. The molecule has 21 heavy (non-hydrogen) atoms. The summed E-state index contributed by atoms with van der Waals surface area (Å²) in [4.78, 5) is 0.175. The molecule has 0 saturated heterocycles. The lowest BCUT2D eigenvalue weighted by Crippen LogP contribution is -1.98. The summed E-state index contributed by atoms with van der Waals surface area (Å²) in [5.41, 5.74) is 3.77. The summed E-state index contributed by atoms with van der Waals surface area (Å²) in [6.45, 7) is 3.67. The van der Waals surface area contributed by atoms with Gasteiger partial charge in [-0.2, -0.15) is 0 Å². The van der Waals surface area contributed by atoms with Gasteiger partial charge in [0.2, 0.25) is 0 Å². The molecule has 0 saturated carbocycles. The molecule has 2 aromatic rings. The number of hydrogen-bond donors (Lipinski definition) is 0. The highest BCUT2D eigenvalue weighted by molar-refractivity contribution is 9.09. The Bertz CT molecular complexity index is 624. The van der Waals surface area contributed by atoms with Crippen LogP contribution in [0.2, 0.25) is 0 Å². The Labute approximate surface area is 134 Å². The Hall–Kier alpha value is -1.48. The van der Waals surface area contributed by atoms with Gasteiger partial charge < -0.3 is 9.47 Å². The van der Waals surface area contributed by atoms with E-state index in [1.807, 2.05) is 12.1 Å². The second kappa shape index (κ2) is 6.52. The SMILES string of the molecule is CCCOc1cccc(C(Br)c2ccc3c(c2)CCO3)c1. The summed E-state index contributed by atoms with van der Waals surface area (Å²) < 4.78 is 11.3. The standard InChI is InChI=1S/C18H19BrO2/c1-2-9-20-16-5-3-4-14(12-16)18(19)15-6-7-17-13(11-15)8-10-21-17/h3-7,11-12,18H,2,8-10H2,1H3. The zero-order chi connectivity index (χ0) is 14.7. The summed E-state index contributed by atoms with van der Waals surface area (Å²) in [5.74, 6) is 1.96. The summed E-state index contributed by atoms with van der Waals surface area (Å²) in [7, 11) is 0. The predicted molar refractivity (Wildman–Crippen MR) is 88.6 cm³/mol. The second-order valence-electron chi connectivity index (χ2n) is 5.25. The third-order valence-corrected chi connectivity index (χ3v) is 4.69. The molecule has 3 heteroatoms. The minimum absolute atomic E-state index is 0.175. The molecule has 1 atom stereocenters. The van der Waals surface area contributed by atoms with Crippen molar-refractivity contribution in [2.45, 2.75) is 24.6 Å². The van der Waals surface area contributed by atoms with Gasteiger partial charge in [0.25, 0.3) is 0 Å². The summed E-state index contributed by atoms with van der Waals surface area (Å²) in [5, 5.41) is 0. The molecule has 0 aliphatic carbocycles. The first-order chi connectivity index (χ1) is 10.3. The van der Waals surface area contributed by atoms with E-state index in [0.717, 1.165) is 37.6 Å². The Morgan fingerprint density at radius 3 is 2.90 bits per heavy atom. The molecule has 1 aliphatic rings. The number of halogens is 1. The van der Waals surface area contributed by atoms with Crippen LogP contribution in [0.4, 0.5) is 0 Å². The highest BCUT2D eigenvalue weighted by Gasteiger charge is 2.16. The van der Waals surface area contributed by atoms with Gasteiger partial charge in [-0.15, -0.1) is 0 Å². The van der Waals surface area contributed by atoms with Crippen LogP contribution in [0.15, 0.2) is 42.5 Å². The van der Waals surface area contributed by atoms with Gasteiger partial charge in [-0.25, -0.2) is 0 Å². The first-order valence-corrected chi connectivity index (χ1v) is 8.32. The van der Waals surface area contributed by atoms with Crippen LogP contribution in [0.25, 0.3) is 0 Å². The molecule has 0 spiro atoms. The minimum Gasteiger partial charge on any atom is -0.494 e. The average molecular weight is 347 g/mol. The van der Waals surface area contributed by atoms with Crippen LogP contribution >= 0.6 is 15.9 Å². The molecule has 1 heterocycles. The molecule has 1 unspecified atom stereocenters. The van der Waals surface area contributed by atoms with Crippen molar-refractivity contribution in [2.75, 3.05) is 13.2 Å². The zero-order valence-electron chi connectivity index (χ0n) is 12.1. The summed E-state index contributed by atoms with van der Waals surface area (Å²) >= 11 is 3.81. The fourth-order valence-electron chi connectivity index (χ4n) is 2.54. The lowest BCUT2D eigenvalue weighted by Gasteiger charge is -2.13. The maximum absolute atomic E-state index is 5.72. The second-order valence-corrected chi connectivity index (χ2v) is 6.16. The molecule has 110 valence electrons. The molecular formula is C18H19BrO2. The van der Waals surface area contributed by atoms with Crippen molar-refractivity contribution in [3.8, 4) is 11.5 Å². The number of ether oxygens (including phenoxy) is 2. The van der Waals surface area contributed by atoms with Crippen LogP contribution < -0.4 is 9.47 Å². The monoisotopic (exact) mass is 346 g/mol. The van der Waals surface area contributed by atoms with Crippen molar-refractivity contribution in [2.24, 2.45) is 0 Å². The molecule has 0 N–H and O–H groups in total. The van der Waals surface area contributed by atoms with Crippen molar-refractivity contribution in [3.63, 3.8) is 0 Å². The molecular weight excluding hydrogens is 328 g/mol. The highest BCUT2D eigenvalue weighted by Crippen LogP contribution is 2.36. The largest absolute Gasteiger partial charge is 0.494 e. The van der Waals surface area contributed by atoms with Crippen molar-refractivity contribution in [1.82, 2.24) is 0 Å². The van der Waals surface area contributed by atoms with Crippen LogP contribution in [0.5, 0.6) is 11.5 Å². The van der Waals surface area contributed by atoms with E-state index >= 15 is 0 Å². The number of fused-ring (bicyclic) bond motifs is 1. The number of hydrogen-bond acceptors (Lipinski definition) is 2. The summed E-state index contributed by atoms with van der Waals surface area (Å²) in [6.07, 6.45) is 2.02. The maximum atomic E-state index is 5.72. The van der Waals surface area contributed by atoms with Gasteiger partial charge in [0, 0.05) is 6.42 Å². The van der Waals surface area contributed by atoms with Gasteiger partial charge in [-0.1, -0.05) is 47.1 Å². The quantitative estimate of drug-likeness (QED) is 0.717. The molecule has 1 aliphatic heterocycles. The normalized spacial score (nSPS) is 14.4. The zero-order valence-corrected chi connectivity index (χ0v) is 13.7. The van der Waals surface area contributed by atoms with Crippen LogP contribution in [0.1, 0.15) is 34.9 Å². The van der Waals surface area contributed by atoms with Gasteiger partial charge in [0.1, 0.15) is 11.5 Å². The molecule has 3 rings (SSSR count). The van der Waals surface area contributed by atoms with Crippen LogP contribution in [0, 0.1) is 0 Å². The molecule has 0 bridgehead atoms. The number of rotatable bonds is 5. The molecule has 0 amide bonds. The lowest BCUT2D eigenvalue weighted by molar-refractivity contribution is 0.317. The number of benzene rings is 2. The van der Waals surface area contributed by atoms with Crippen molar-refractivity contribution < 1.29 is 9.47 Å². The third kappa shape index (κ3) is 3.24. The Morgan fingerprint density at radius 1 is 1.19 bits per heavy atom. The third-order valence-electron chi connectivity index (χ3n) is 3.63. The van der Waals surface area contributed by atoms with Crippen molar-refractivity contribution in [3.05, 3.63) is 59.2 Å². The van der Waals surface area contributed by atoms with E-state index in [0.29, 0.717) is 0 Å². The topological polar surface area (TPSA) is 18.5 Å². The first-order valence-electron chi connectivity index (χ1n) is 7.40. The Balaban J connectivity index is 1.82. The molecule has 2 nitrogen and oxygen atoms in total. The van der Waals surface area contributed by atoms with Crippen LogP contribution in [-0.2, 0) is 6.42 Å². The summed E-state index contributed by atoms with van der Waals surface area (Å²) in [6, 6.07) is 14.7. The van der Waals surface area contributed by atoms with E-state index < -0.39 is 0 Å².